The van der Waals surface area contributed by atoms with Gasteiger partial charge in [0.25, 0.3) is 0 Å². The Morgan fingerprint density at radius 1 is 1.04 bits per heavy atom. The van der Waals surface area contributed by atoms with E-state index >= 15 is 0 Å². The van der Waals surface area contributed by atoms with E-state index < -0.39 is 5.63 Å². The predicted octanol–water partition coefficient (Wildman–Crippen LogP) is 5.81. The molecule has 0 saturated heterocycles. The molecule has 2 rings (SSSR count). The molecular weight excluding hydrogens is 344 g/mol. The van der Waals surface area contributed by atoms with Crippen LogP contribution >= 0.6 is 0 Å². The minimum absolute atomic E-state index is 0.148. The molecule has 0 aliphatic rings. The number of benzene rings is 1. The smallest absolute Gasteiger partial charge is 0.383 e. The van der Waals surface area contributed by atoms with Gasteiger partial charge in [-0.1, -0.05) is 51.9 Å². The summed E-state index contributed by atoms with van der Waals surface area (Å²) in [6, 6.07) is 5.09. The predicted molar refractivity (Wildman–Crippen MR) is 108 cm³/mol. The molecule has 0 aliphatic heterocycles. The van der Waals surface area contributed by atoms with Crippen molar-refractivity contribution in [1.82, 2.24) is 0 Å². The summed E-state index contributed by atoms with van der Waals surface area (Å²) in [5, 5.41) is 10.7. The minimum Gasteiger partial charge on any atom is -0.504 e. The van der Waals surface area contributed by atoms with Crippen molar-refractivity contribution in [2.24, 2.45) is 0 Å². The molecular formula is C22H32O5. The second kappa shape index (κ2) is 10.9. The molecule has 150 valence electrons. The molecule has 27 heavy (non-hydrogen) atoms. The Labute approximate surface area is 161 Å². The Morgan fingerprint density at radius 2 is 1.70 bits per heavy atom. The van der Waals surface area contributed by atoms with Gasteiger partial charge in [-0.25, -0.2) is 4.79 Å². The van der Waals surface area contributed by atoms with Gasteiger partial charge in [0.05, 0.1) is 18.1 Å². The average molecular weight is 376 g/mol. The van der Waals surface area contributed by atoms with Gasteiger partial charge in [-0.3, -0.25) is 0 Å². The lowest BCUT2D eigenvalue weighted by atomic mass is 10.1. The number of unbranched alkanes of at least 4 members (excludes halogenated alkanes) is 7. The van der Waals surface area contributed by atoms with Crippen molar-refractivity contribution < 1.29 is 19.0 Å². The molecule has 0 saturated carbocycles. The topological polar surface area (TPSA) is 68.9 Å². The van der Waals surface area contributed by atoms with E-state index in [0.717, 1.165) is 12.8 Å². The number of aromatic hydroxyl groups is 1. The molecule has 5 heteroatoms. The van der Waals surface area contributed by atoms with Gasteiger partial charge in [-0.05, 0) is 32.4 Å². The van der Waals surface area contributed by atoms with Crippen LogP contribution in [0.15, 0.2) is 27.4 Å². The Morgan fingerprint density at radius 3 is 2.37 bits per heavy atom. The van der Waals surface area contributed by atoms with Crippen LogP contribution in [0.5, 0.6) is 17.2 Å². The Balaban J connectivity index is 1.87. The number of ether oxygens (including phenoxy) is 2. The first kappa shape index (κ1) is 21.1. The van der Waals surface area contributed by atoms with Gasteiger partial charge in [-0.15, -0.1) is 0 Å². The largest absolute Gasteiger partial charge is 0.504 e. The van der Waals surface area contributed by atoms with Crippen LogP contribution in [-0.2, 0) is 0 Å². The second-order valence-electron chi connectivity index (χ2n) is 7.22. The van der Waals surface area contributed by atoms with E-state index in [-0.39, 0.29) is 17.6 Å². The van der Waals surface area contributed by atoms with Crippen LogP contribution in [0.25, 0.3) is 11.0 Å². The van der Waals surface area contributed by atoms with Crippen LogP contribution in [0, 0.1) is 0 Å². The van der Waals surface area contributed by atoms with Gasteiger partial charge in [0.1, 0.15) is 11.3 Å². The monoisotopic (exact) mass is 376 g/mol. The molecule has 0 radical (unpaired) electrons. The van der Waals surface area contributed by atoms with Crippen molar-refractivity contribution in [3.63, 3.8) is 0 Å². The first-order chi connectivity index (χ1) is 13.0. The number of rotatable bonds is 12. The van der Waals surface area contributed by atoms with Crippen LogP contribution in [0.4, 0.5) is 0 Å². The van der Waals surface area contributed by atoms with Crippen LogP contribution in [-0.4, -0.2) is 17.8 Å². The lowest BCUT2D eigenvalue weighted by Crippen LogP contribution is -2.13. The summed E-state index contributed by atoms with van der Waals surface area (Å²) >= 11 is 0. The summed E-state index contributed by atoms with van der Waals surface area (Å²) in [7, 11) is 0. The molecule has 5 nitrogen and oxygen atoms in total. The van der Waals surface area contributed by atoms with Crippen LogP contribution in [0.2, 0.25) is 0 Å². The van der Waals surface area contributed by atoms with Crippen LogP contribution in [0.1, 0.15) is 72.1 Å². The van der Waals surface area contributed by atoms with Crippen molar-refractivity contribution >= 4 is 11.0 Å². The zero-order valence-corrected chi connectivity index (χ0v) is 16.8. The summed E-state index contributed by atoms with van der Waals surface area (Å²) in [5.41, 5.74) is -0.393. The quantitative estimate of drug-likeness (QED) is 0.374. The molecule has 0 fully saturated rings. The van der Waals surface area contributed by atoms with E-state index in [1.165, 1.54) is 38.5 Å². The third-order valence-electron chi connectivity index (χ3n) is 4.43. The molecule has 0 spiro atoms. The third-order valence-corrected chi connectivity index (χ3v) is 4.43. The summed E-state index contributed by atoms with van der Waals surface area (Å²) in [5.74, 6) is 0.292. The van der Waals surface area contributed by atoms with Crippen LogP contribution < -0.4 is 15.1 Å². The number of fused-ring (bicyclic) bond motifs is 1. The summed E-state index contributed by atoms with van der Waals surface area (Å²) in [6.45, 7) is 6.43. The molecule has 1 aromatic carbocycles. The minimum atomic E-state index is -0.686. The van der Waals surface area contributed by atoms with Crippen LogP contribution in [0.3, 0.4) is 0 Å². The van der Waals surface area contributed by atoms with Gasteiger partial charge in [0, 0.05) is 6.07 Å². The van der Waals surface area contributed by atoms with Crippen molar-refractivity contribution in [3.05, 3.63) is 28.6 Å². The zero-order chi connectivity index (χ0) is 19.6. The Bertz CT molecular complexity index is 763. The maximum Gasteiger partial charge on any atom is 0.383 e. The van der Waals surface area contributed by atoms with Crippen molar-refractivity contribution in [1.29, 1.82) is 0 Å². The van der Waals surface area contributed by atoms with E-state index in [1.807, 2.05) is 0 Å². The lowest BCUT2D eigenvalue weighted by Gasteiger charge is -2.12. The number of hydrogen-bond acceptors (Lipinski definition) is 5. The summed E-state index contributed by atoms with van der Waals surface area (Å²) in [6.07, 6.45) is 9.74. The maximum atomic E-state index is 12.0. The van der Waals surface area contributed by atoms with Gasteiger partial charge < -0.3 is 19.0 Å². The van der Waals surface area contributed by atoms with Gasteiger partial charge in [0.15, 0.2) is 5.75 Å². The molecule has 1 heterocycles. The fraction of sp³-hybridized carbons (Fsp3) is 0.591. The average Bonchev–Trinajstić information content (AvgIpc) is 2.63. The first-order valence-electron chi connectivity index (χ1n) is 10.1. The molecule has 1 aromatic heterocycles. The first-order valence-corrected chi connectivity index (χ1v) is 10.1. The molecule has 0 unspecified atom stereocenters. The van der Waals surface area contributed by atoms with E-state index in [4.69, 9.17) is 13.9 Å². The normalized spacial score (nSPS) is 11.3. The fourth-order valence-electron chi connectivity index (χ4n) is 3.00. The highest BCUT2D eigenvalue weighted by molar-refractivity contribution is 5.86. The molecule has 0 aliphatic carbocycles. The van der Waals surface area contributed by atoms with Gasteiger partial charge in [-0.2, -0.15) is 0 Å². The van der Waals surface area contributed by atoms with E-state index in [9.17, 15) is 9.90 Å². The highest BCUT2D eigenvalue weighted by Crippen LogP contribution is 2.33. The second-order valence-corrected chi connectivity index (χ2v) is 7.22. The maximum absolute atomic E-state index is 12.0. The summed E-state index contributed by atoms with van der Waals surface area (Å²) in [4.78, 5) is 12.0. The molecule has 2 aromatic rings. The molecule has 1 N–H and O–H groups in total. The Hall–Kier alpha value is -2.17. The summed E-state index contributed by atoms with van der Waals surface area (Å²) < 4.78 is 16.4. The van der Waals surface area contributed by atoms with Crippen molar-refractivity contribution in [3.8, 4) is 17.2 Å². The van der Waals surface area contributed by atoms with Gasteiger partial charge in [0.2, 0.25) is 5.75 Å². The number of hydrogen-bond donors (Lipinski definition) is 1. The standard InChI is InChI=1S/C22H32O5/c1-4-5-6-7-8-9-10-11-14-25-17-12-13-18-19(15-17)27-22(24)21(20(18)23)26-16(2)3/h12-13,15-16,23H,4-11,14H2,1-3H3. The highest BCUT2D eigenvalue weighted by atomic mass is 16.5. The SMILES string of the molecule is CCCCCCCCCCOc1ccc2c(O)c(OC(C)C)c(=O)oc2c1. The van der Waals surface area contributed by atoms with E-state index in [0.29, 0.717) is 23.3 Å². The fourth-order valence-corrected chi connectivity index (χ4v) is 3.00. The van der Waals surface area contributed by atoms with Crippen molar-refractivity contribution in [2.75, 3.05) is 6.61 Å². The highest BCUT2D eigenvalue weighted by Gasteiger charge is 2.17. The van der Waals surface area contributed by atoms with E-state index in [2.05, 4.69) is 6.92 Å². The van der Waals surface area contributed by atoms with Crippen molar-refractivity contribution in [2.45, 2.75) is 78.2 Å². The third kappa shape index (κ3) is 6.49. The van der Waals surface area contributed by atoms with E-state index in [1.54, 1.807) is 32.0 Å². The molecule has 0 atom stereocenters. The lowest BCUT2D eigenvalue weighted by molar-refractivity contribution is 0.221. The molecule has 0 amide bonds. The van der Waals surface area contributed by atoms with Gasteiger partial charge >= 0.3 is 5.63 Å². The Kier molecular flexibility index (Phi) is 8.49. The molecule has 0 bridgehead atoms. The zero-order valence-electron chi connectivity index (χ0n) is 16.8.